The third-order valence-corrected chi connectivity index (χ3v) is 9.39. The Morgan fingerprint density at radius 3 is 1.50 bits per heavy atom. The number of carbonyl (C=O) groups is 2. The molecule has 0 aromatic carbocycles. The van der Waals surface area contributed by atoms with Gasteiger partial charge in [-0.1, -0.05) is 148 Å². The Bertz CT molecular complexity index is 810. The van der Waals surface area contributed by atoms with E-state index in [1.54, 1.807) is 0 Å². The first kappa shape index (κ1) is 46.8. The van der Waals surface area contributed by atoms with Crippen molar-refractivity contribution in [3.8, 4) is 0 Å². The molecule has 0 aromatic heterocycles. The number of ether oxygens (including phenoxy) is 2. The second-order valence-electron chi connectivity index (χ2n) is 13.2. The predicted molar refractivity (Wildman–Crippen MR) is 197 cm³/mol. The van der Waals surface area contributed by atoms with Gasteiger partial charge in [-0.2, -0.15) is 0 Å². The van der Waals surface area contributed by atoms with Crippen molar-refractivity contribution in [3.05, 3.63) is 12.2 Å². The van der Waals surface area contributed by atoms with E-state index in [0.717, 1.165) is 51.4 Å². The summed E-state index contributed by atoms with van der Waals surface area (Å²) < 4.78 is 32.7. The Labute approximate surface area is 294 Å². The molecule has 0 saturated carbocycles. The molecular weight excluding hydrogens is 629 g/mol. The van der Waals surface area contributed by atoms with E-state index in [1.807, 2.05) is 0 Å². The summed E-state index contributed by atoms with van der Waals surface area (Å²) in [6.07, 6.45) is 33.8. The van der Waals surface area contributed by atoms with E-state index in [-0.39, 0.29) is 38.6 Å². The molecular formula is C38H74NO8P. The van der Waals surface area contributed by atoms with Crippen molar-refractivity contribution in [3.63, 3.8) is 0 Å². The number of carbonyl (C=O) groups excluding carboxylic acids is 2. The number of hydrogen-bond acceptors (Lipinski definition) is 8. The van der Waals surface area contributed by atoms with Gasteiger partial charge in [0.05, 0.1) is 13.2 Å². The molecule has 10 heteroatoms. The summed E-state index contributed by atoms with van der Waals surface area (Å²) in [6, 6.07) is 0. The maximum Gasteiger partial charge on any atom is 0.472 e. The van der Waals surface area contributed by atoms with Crippen molar-refractivity contribution < 1.29 is 37.6 Å². The Morgan fingerprint density at radius 2 is 1.02 bits per heavy atom. The fourth-order valence-electron chi connectivity index (χ4n) is 5.45. The molecule has 9 nitrogen and oxygen atoms in total. The quantitative estimate of drug-likeness (QED) is 0.0280. The molecule has 0 aliphatic heterocycles. The van der Waals surface area contributed by atoms with Gasteiger partial charge in [0.2, 0.25) is 0 Å². The molecule has 284 valence electrons. The monoisotopic (exact) mass is 704 g/mol. The van der Waals surface area contributed by atoms with Gasteiger partial charge in [-0.25, -0.2) is 4.57 Å². The van der Waals surface area contributed by atoms with Crippen LogP contribution >= 0.6 is 7.82 Å². The van der Waals surface area contributed by atoms with Crippen LogP contribution in [0.15, 0.2) is 12.2 Å². The van der Waals surface area contributed by atoms with Crippen LogP contribution in [0.4, 0.5) is 0 Å². The summed E-state index contributed by atoms with van der Waals surface area (Å²) in [7, 11) is -4.37. The first-order valence-corrected chi connectivity index (χ1v) is 21.2. The molecule has 0 aliphatic rings. The number of allylic oxidation sites excluding steroid dienone is 2. The standard InChI is InChI=1S/C38H74NO8P/c1-3-5-7-9-11-13-15-17-19-21-23-25-27-29-31-38(41)47-36(35-46-48(42,43)45-33-32-39)34-44-37(40)30-28-26-24-22-20-18-16-14-12-10-8-6-4-2/h14,16,36H,3-13,15,17-35,39H2,1-2H3,(H,42,43)/b16-14+/t36-/m1/s1. The molecule has 0 rings (SSSR count). The molecule has 0 heterocycles. The smallest absolute Gasteiger partial charge is 0.462 e. The highest BCUT2D eigenvalue weighted by Crippen LogP contribution is 2.43. The molecule has 1 unspecified atom stereocenters. The van der Waals surface area contributed by atoms with Crippen molar-refractivity contribution in [1.82, 2.24) is 0 Å². The van der Waals surface area contributed by atoms with E-state index >= 15 is 0 Å². The van der Waals surface area contributed by atoms with E-state index in [0.29, 0.717) is 6.42 Å². The van der Waals surface area contributed by atoms with Gasteiger partial charge >= 0.3 is 19.8 Å². The van der Waals surface area contributed by atoms with Gasteiger partial charge < -0.3 is 20.1 Å². The van der Waals surface area contributed by atoms with E-state index in [4.69, 9.17) is 24.3 Å². The van der Waals surface area contributed by atoms with E-state index < -0.39 is 26.5 Å². The molecule has 48 heavy (non-hydrogen) atoms. The summed E-state index contributed by atoms with van der Waals surface area (Å²) >= 11 is 0. The first-order chi connectivity index (χ1) is 23.3. The average molecular weight is 704 g/mol. The zero-order valence-electron chi connectivity index (χ0n) is 31.0. The number of rotatable bonds is 37. The molecule has 0 aromatic rings. The molecule has 0 aliphatic carbocycles. The van der Waals surface area contributed by atoms with Crippen molar-refractivity contribution in [2.24, 2.45) is 5.73 Å². The maximum atomic E-state index is 12.5. The number of phosphoric ester groups is 1. The molecule has 0 saturated heterocycles. The summed E-state index contributed by atoms with van der Waals surface area (Å²) in [5, 5.41) is 0. The zero-order valence-corrected chi connectivity index (χ0v) is 31.9. The van der Waals surface area contributed by atoms with Gasteiger partial charge in [0.15, 0.2) is 6.10 Å². The highest BCUT2D eigenvalue weighted by molar-refractivity contribution is 7.47. The predicted octanol–water partition coefficient (Wildman–Crippen LogP) is 10.7. The van der Waals surface area contributed by atoms with Crippen LogP contribution in [0.5, 0.6) is 0 Å². The van der Waals surface area contributed by atoms with Crippen molar-refractivity contribution in [2.45, 2.75) is 193 Å². The average Bonchev–Trinajstić information content (AvgIpc) is 3.07. The van der Waals surface area contributed by atoms with Crippen LogP contribution in [-0.4, -0.2) is 49.3 Å². The fraction of sp³-hybridized carbons (Fsp3) is 0.895. The largest absolute Gasteiger partial charge is 0.472 e. The van der Waals surface area contributed by atoms with E-state index in [9.17, 15) is 19.0 Å². The zero-order chi connectivity index (χ0) is 35.4. The molecule has 0 spiro atoms. The SMILES string of the molecule is CCCCCC/C=C/CCCCCCCC(=O)OC[C@H](COP(=O)(O)OCCN)OC(=O)CCCCCCCCCCCCCCCC. The van der Waals surface area contributed by atoms with E-state index in [1.165, 1.54) is 103 Å². The highest BCUT2D eigenvalue weighted by Gasteiger charge is 2.25. The van der Waals surface area contributed by atoms with Gasteiger partial charge in [0.1, 0.15) is 6.61 Å². The summed E-state index contributed by atoms with van der Waals surface area (Å²) in [5.41, 5.74) is 5.33. The number of nitrogens with two attached hydrogens (primary N) is 1. The summed E-state index contributed by atoms with van der Waals surface area (Å²) in [5.74, 6) is -0.832. The van der Waals surface area contributed by atoms with Crippen LogP contribution in [0.1, 0.15) is 187 Å². The fourth-order valence-corrected chi connectivity index (χ4v) is 6.22. The molecule has 3 N–H and O–H groups in total. The van der Waals surface area contributed by atoms with Crippen LogP contribution < -0.4 is 5.73 Å². The minimum Gasteiger partial charge on any atom is -0.462 e. The highest BCUT2D eigenvalue weighted by atomic mass is 31.2. The third kappa shape index (κ3) is 34.6. The molecule has 0 amide bonds. The second kappa shape index (κ2) is 35.6. The Balaban J connectivity index is 4.20. The van der Waals surface area contributed by atoms with Crippen LogP contribution in [0, 0.1) is 0 Å². The van der Waals surface area contributed by atoms with Crippen LogP contribution in [0.3, 0.4) is 0 Å². The number of esters is 2. The van der Waals surface area contributed by atoms with Crippen molar-refractivity contribution in [2.75, 3.05) is 26.4 Å². The number of hydrogen-bond donors (Lipinski definition) is 2. The summed E-state index contributed by atoms with van der Waals surface area (Å²) in [4.78, 5) is 34.7. The normalized spacial score (nSPS) is 13.5. The van der Waals surface area contributed by atoms with Crippen molar-refractivity contribution >= 4 is 19.8 Å². The minimum atomic E-state index is -4.37. The lowest BCUT2D eigenvalue weighted by Gasteiger charge is -2.19. The minimum absolute atomic E-state index is 0.0549. The third-order valence-electron chi connectivity index (χ3n) is 8.40. The molecule has 0 radical (unpaired) electrons. The number of unbranched alkanes of at least 4 members (excludes halogenated alkanes) is 22. The Hall–Kier alpha value is -1.25. The maximum absolute atomic E-state index is 12.5. The van der Waals surface area contributed by atoms with Gasteiger partial charge in [0.25, 0.3) is 0 Å². The summed E-state index contributed by atoms with van der Waals surface area (Å²) in [6.45, 7) is 3.71. The lowest BCUT2D eigenvalue weighted by molar-refractivity contribution is -0.161. The van der Waals surface area contributed by atoms with Crippen LogP contribution in [-0.2, 0) is 32.7 Å². The van der Waals surface area contributed by atoms with Crippen LogP contribution in [0.25, 0.3) is 0 Å². The first-order valence-electron chi connectivity index (χ1n) is 19.7. The molecule has 0 bridgehead atoms. The number of phosphoric acid groups is 1. The van der Waals surface area contributed by atoms with Crippen molar-refractivity contribution in [1.29, 1.82) is 0 Å². The topological polar surface area (TPSA) is 134 Å². The molecule has 2 atom stereocenters. The van der Waals surface area contributed by atoms with E-state index in [2.05, 4.69) is 26.0 Å². The molecule has 0 fully saturated rings. The van der Waals surface area contributed by atoms with Gasteiger partial charge in [-0.15, -0.1) is 0 Å². The van der Waals surface area contributed by atoms with Gasteiger partial charge in [-0.3, -0.25) is 18.6 Å². The second-order valence-corrected chi connectivity index (χ2v) is 14.6. The van der Waals surface area contributed by atoms with Gasteiger partial charge in [-0.05, 0) is 38.5 Å². The lowest BCUT2D eigenvalue weighted by Crippen LogP contribution is -2.29. The lowest BCUT2D eigenvalue weighted by atomic mass is 10.0. The Kier molecular flexibility index (Phi) is 34.6. The van der Waals surface area contributed by atoms with Crippen LogP contribution in [0.2, 0.25) is 0 Å². The van der Waals surface area contributed by atoms with Gasteiger partial charge in [0, 0.05) is 19.4 Å². The Morgan fingerprint density at radius 1 is 0.604 bits per heavy atom.